The number of alkyl halides is 3. The molecular formula is C9H11ClF3N3O. The second-order valence-corrected chi connectivity index (χ2v) is 3.73. The molecule has 1 aromatic heterocycles. The standard InChI is InChI=1S/C9H11ClF3N3O/c1-2-5(17)4-14-7-3-6(10)15-8(16-7)9(11,12)13/h3,5,17H,2,4H2,1H3,(H,14,15,16). The minimum absolute atomic E-state index is 0.0650. The average Bonchev–Trinajstić information content (AvgIpc) is 2.24. The third-order valence-electron chi connectivity index (χ3n) is 1.94. The van der Waals surface area contributed by atoms with Gasteiger partial charge in [-0.05, 0) is 6.42 Å². The molecule has 4 nitrogen and oxygen atoms in total. The molecule has 0 spiro atoms. The van der Waals surface area contributed by atoms with E-state index in [4.69, 9.17) is 11.6 Å². The van der Waals surface area contributed by atoms with Gasteiger partial charge in [-0.15, -0.1) is 0 Å². The molecule has 1 unspecified atom stereocenters. The lowest BCUT2D eigenvalue weighted by Gasteiger charge is -2.11. The molecule has 0 aliphatic rings. The third kappa shape index (κ3) is 4.35. The van der Waals surface area contributed by atoms with Crippen molar-refractivity contribution in [2.75, 3.05) is 11.9 Å². The molecule has 17 heavy (non-hydrogen) atoms. The Morgan fingerprint density at radius 2 is 2.12 bits per heavy atom. The summed E-state index contributed by atoms with van der Waals surface area (Å²) in [6.45, 7) is 1.85. The van der Waals surface area contributed by atoms with E-state index in [1.165, 1.54) is 6.07 Å². The molecule has 0 bridgehead atoms. The lowest BCUT2D eigenvalue weighted by Crippen LogP contribution is -2.20. The quantitative estimate of drug-likeness (QED) is 0.824. The van der Waals surface area contributed by atoms with Gasteiger partial charge in [0.25, 0.3) is 0 Å². The smallest absolute Gasteiger partial charge is 0.391 e. The van der Waals surface area contributed by atoms with Crippen LogP contribution >= 0.6 is 11.6 Å². The molecule has 8 heteroatoms. The van der Waals surface area contributed by atoms with Crippen LogP contribution in [0.1, 0.15) is 19.2 Å². The van der Waals surface area contributed by atoms with Gasteiger partial charge in [-0.3, -0.25) is 0 Å². The van der Waals surface area contributed by atoms with E-state index in [1.54, 1.807) is 6.92 Å². The Hall–Kier alpha value is -1.08. The van der Waals surface area contributed by atoms with Gasteiger partial charge in [0.05, 0.1) is 6.10 Å². The van der Waals surface area contributed by atoms with Crippen molar-refractivity contribution >= 4 is 17.4 Å². The predicted molar refractivity (Wildman–Crippen MR) is 56.8 cm³/mol. The lowest BCUT2D eigenvalue weighted by molar-refractivity contribution is -0.144. The van der Waals surface area contributed by atoms with E-state index in [1.807, 2.05) is 0 Å². The molecule has 0 amide bonds. The second-order valence-electron chi connectivity index (χ2n) is 3.34. The Kier molecular flexibility index (Phi) is 4.53. The molecule has 1 rings (SSSR count). The number of aliphatic hydroxyl groups excluding tert-OH is 1. The van der Waals surface area contributed by atoms with Crippen LogP contribution in [0, 0.1) is 0 Å². The molecule has 2 N–H and O–H groups in total. The Morgan fingerprint density at radius 3 is 2.65 bits per heavy atom. The summed E-state index contributed by atoms with van der Waals surface area (Å²) < 4.78 is 37.1. The molecule has 0 saturated carbocycles. The molecule has 0 radical (unpaired) electrons. The van der Waals surface area contributed by atoms with Crippen LogP contribution in [0.4, 0.5) is 19.0 Å². The van der Waals surface area contributed by atoms with Crippen molar-refractivity contribution in [3.8, 4) is 0 Å². The highest BCUT2D eigenvalue weighted by atomic mass is 35.5. The first-order valence-corrected chi connectivity index (χ1v) is 5.24. The second kappa shape index (κ2) is 5.50. The molecule has 0 aromatic carbocycles. The fraction of sp³-hybridized carbons (Fsp3) is 0.556. The average molecular weight is 270 g/mol. The van der Waals surface area contributed by atoms with E-state index in [2.05, 4.69) is 15.3 Å². The molecule has 0 aliphatic heterocycles. The normalized spacial score (nSPS) is 13.5. The monoisotopic (exact) mass is 269 g/mol. The van der Waals surface area contributed by atoms with Crippen LogP contribution in [-0.2, 0) is 6.18 Å². The zero-order valence-electron chi connectivity index (χ0n) is 8.92. The zero-order valence-corrected chi connectivity index (χ0v) is 9.68. The number of anilines is 1. The van der Waals surface area contributed by atoms with Crippen LogP contribution in [0.3, 0.4) is 0 Å². The minimum atomic E-state index is -4.65. The van der Waals surface area contributed by atoms with Crippen molar-refractivity contribution in [2.24, 2.45) is 0 Å². The van der Waals surface area contributed by atoms with Crippen molar-refractivity contribution in [3.05, 3.63) is 17.0 Å². The summed E-state index contributed by atoms with van der Waals surface area (Å²) in [5, 5.41) is 11.5. The molecule has 96 valence electrons. The summed E-state index contributed by atoms with van der Waals surface area (Å²) in [6.07, 6.45) is -4.82. The maximum Gasteiger partial charge on any atom is 0.451 e. The van der Waals surface area contributed by atoms with Gasteiger partial charge in [0.2, 0.25) is 5.82 Å². The van der Waals surface area contributed by atoms with Crippen molar-refractivity contribution < 1.29 is 18.3 Å². The summed E-state index contributed by atoms with van der Waals surface area (Å²) in [5.74, 6) is -1.37. The van der Waals surface area contributed by atoms with Gasteiger partial charge < -0.3 is 10.4 Å². The summed E-state index contributed by atoms with van der Waals surface area (Å²) >= 11 is 5.45. The first kappa shape index (κ1) is 14.0. The Balaban J connectivity index is 2.83. The summed E-state index contributed by atoms with van der Waals surface area (Å²) in [5.41, 5.74) is 0. The topological polar surface area (TPSA) is 58.0 Å². The molecule has 0 aliphatic carbocycles. The zero-order chi connectivity index (χ0) is 13.1. The molecule has 0 fully saturated rings. The van der Waals surface area contributed by atoms with Crippen LogP contribution in [0.2, 0.25) is 5.15 Å². The summed E-state index contributed by atoms with van der Waals surface area (Å²) in [7, 11) is 0. The fourth-order valence-electron chi connectivity index (χ4n) is 1.00. The van der Waals surface area contributed by atoms with Gasteiger partial charge in [0, 0.05) is 12.6 Å². The maximum atomic E-state index is 12.4. The van der Waals surface area contributed by atoms with E-state index in [-0.39, 0.29) is 17.5 Å². The van der Waals surface area contributed by atoms with Crippen LogP contribution < -0.4 is 5.32 Å². The van der Waals surface area contributed by atoms with Gasteiger partial charge >= 0.3 is 6.18 Å². The van der Waals surface area contributed by atoms with Gasteiger partial charge in [-0.2, -0.15) is 13.2 Å². The van der Waals surface area contributed by atoms with E-state index in [0.29, 0.717) is 6.42 Å². The minimum Gasteiger partial charge on any atom is -0.391 e. The van der Waals surface area contributed by atoms with Crippen LogP contribution in [-0.4, -0.2) is 27.7 Å². The highest BCUT2D eigenvalue weighted by Gasteiger charge is 2.35. The molecule has 1 atom stereocenters. The van der Waals surface area contributed by atoms with Gasteiger partial charge in [0.15, 0.2) is 0 Å². The summed E-state index contributed by atoms with van der Waals surface area (Å²) in [6, 6.07) is 1.17. The number of nitrogens with zero attached hydrogens (tertiary/aromatic N) is 2. The maximum absolute atomic E-state index is 12.4. The van der Waals surface area contributed by atoms with Crippen molar-refractivity contribution in [1.29, 1.82) is 0 Å². The van der Waals surface area contributed by atoms with Gasteiger partial charge in [-0.25, -0.2) is 9.97 Å². The van der Waals surface area contributed by atoms with Gasteiger partial charge in [0.1, 0.15) is 11.0 Å². The number of rotatable bonds is 4. The van der Waals surface area contributed by atoms with Crippen molar-refractivity contribution in [2.45, 2.75) is 25.6 Å². The van der Waals surface area contributed by atoms with Crippen molar-refractivity contribution in [1.82, 2.24) is 9.97 Å². The van der Waals surface area contributed by atoms with E-state index in [9.17, 15) is 18.3 Å². The van der Waals surface area contributed by atoms with Crippen molar-refractivity contribution in [3.63, 3.8) is 0 Å². The fourth-order valence-corrected chi connectivity index (χ4v) is 1.19. The first-order chi connectivity index (χ1) is 7.82. The molecule has 1 heterocycles. The van der Waals surface area contributed by atoms with Crippen LogP contribution in [0.5, 0.6) is 0 Å². The Labute approximate surface area is 101 Å². The third-order valence-corrected chi connectivity index (χ3v) is 2.13. The van der Waals surface area contributed by atoms with E-state index >= 15 is 0 Å². The number of halogens is 4. The lowest BCUT2D eigenvalue weighted by atomic mass is 10.3. The Bertz CT molecular complexity index is 386. The molecule has 1 aromatic rings. The number of hydrogen-bond acceptors (Lipinski definition) is 4. The predicted octanol–water partition coefficient (Wildman–Crippen LogP) is 2.33. The van der Waals surface area contributed by atoms with Crippen LogP contribution in [0.15, 0.2) is 6.07 Å². The molecular weight excluding hydrogens is 259 g/mol. The largest absolute Gasteiger partial charge is 0.451 e. The highest BCUT2D eigenvalue weighted by Crippen LogP contribution is 2.28. The van der Waals surface area contributed by atoms with Gasteiger partial charge in [-0.1, -0.05) is 18.5 Å². The number of aromatic nitrogens is 2. The summed E-state index contributed by atoms with van der Waals surface area (Å²) in [4.78, 5) is 6.35. The van der Waals surface area contributed by atoms with Crippen LogP contribution in [0.25, 0.3) is 0 Å². The number of hydrogen-bond donors (Lipinski definition) is 2. The highest BCUT2D eigenvalue weighted by molar-refractivity contribution is 6.29. The molecule has 0 saturated heterocycles. The van der Waals surface area contributed by atoms with E-state index in [0.717, 1.165) is 0 Å². The Morgan fingerprint density at radius 1 is 1.47 bits per heavy atom. The SMILES string of the molecule is CCC(O)CNc1cc(Cl)nc(C(F)(F)F)n1. The number of nitrogens with one attached hydrogen (secondary N) is 1. The first-order valence-electron chi connectivity index (χ1n) is 4.86. The van der Waals surface area contributed by atoms with E-state index < -0.39 is 18.1 Å². The number of aliphatic hydroxyl groups is 1.